The average Bonchev–Trinajstić information content (AvgIpc) is 2.61. The van der Waals surface area contributed by atoms with Crippen molar-refractivity contribution in [3.8, 4) is 0 Å². The van der Waals surface area contributed by atoms with Gasteiger partial charge in [-0.25, -0.2) is 0 Å². The van der Waals surface area contributed by atoms with Gasteiger partial charge in [0.05, 0.1) is 0 Å². The third-order valence-corrected chi connectivity index (χ3v) is 13.1. The average molecular weight is 392 g/mol. The van der Waals surface area contributed by atoms with Crippen LogP contribution < -0.4 is 2.21 Å². The Morgan fingerprint density at radius 2 is 2.29 bits per heavy atom. The molecule has 0 spiro atoms. The van der Waals surface area contributed by atoms with Crippen molar-refractivity contribution in [2.45, 2.75) is 39.0 Å². The van der Waals surface area contributed by atoms with Gasteiger partial charge in [-0.15, -0.1) is 0 Å². The zero-order valence-electron chi connectivity index (χ0n) is 8.19. The minimum atomic E-state index is -2.52. The molecule has 0 fully saturated rings. The maximum absolute atomic E-state index is 10.9. The predicted octanol–water partition coefficient (Wildman–Crippen LogP) is 0.322. The fourth-order valence-electron chi connectivity index (χ4n) is 1.18. The molecule has 0 saturated carbocycles. The molecule has 0 aliphatic heterocycles. The zero-order valence-corrected chi connectivity index (χ0v) is 13.3. The molecule has 1 rings (SSSR count). The Bertz CT molecular complexity index is 296. The van der Waals surface area contributed by atoms with Crippen molar-refractivity contribution >= 4 is 45.4 Å². The van der Waals surface area contributed by atoms with Crippen LogP contribution in [0.25, 0.3) is 0 Å². The van der Waals surface area contributed by atoms with Gasteiger partial charge < -0.3 is 0 Å². The normalized spacial score (nSPS) is 13.0. The summed E-state index contributed by atoms with van der Waals surface area (Å²) in [6, 6.07) is 0. The summed E-state index contributed by atoms with van der Waals surface area (Å²) in [5.74, 6) is 0. The van der Waals surface area contributed by atoms with Crippen LogP contribution in [-0.4, -0.2) is 47.4 Å². The van der Waals surface area contributed by atoms with Gasteiger partial charge in [0.1, 0.15) is 0 Å². The van der Waals surface area contributed by atoms with Gasteiger partial charge in [0.15, 0.2) is 0 Å². The Kier molecular flexibility index (Phi) is 6.72. The van der Waals surface area contributed by atoms with Crippen LogP contribution in [0.1, 0.15) is 37.0 Å². The molecule has 0 bridgehead atoms. The fourth-order valence-corrected chi connectivity index (χ4v) is 10.0. The Morgan fingerprint density at radius 1 is 1.50 bits per heavy atom. The van der Waals surface area contributed by atoms with Crippen molar-refractivity contribution in [1.29, 1.82) is 0 Å². The summed E-state index contributed by atoms with van der Waals surface area (Å²) < 4.78 is 22.4. The summed E-state index contributed by atoms with van der Waals surface area (Å²) in [5, 5.41) is 0. The Labute approximate surface area is 101 Å². The molecule has 0 aromatic carbocycles. The van der Waals surface area contributed by atoms with E-state index in [1.165, 1.54) is 36.5 Å². The van der Waals surface area contributed by atoms with Crippen LogP contribution in [0.3, 0.4) is 0 Å². The molecule has 1 aromatic heterocycles. The van der Waals surface area contributed by atoms with E-state index in [0.29, 0.717) is 0 Å². The number of aryl methyl sites for hydroxylation is 1. The van der Waals surface area contributed by atoms with Crippen LogP contribution in [0, 0.1) is 0 Å². The molecule has 0 amide bonds. The molecule has 1 N–H and O–H groups in total. The van der Waals surface area contributed by atoms with E-state index in [-0.39, 0.29) is 29.0 Å². The molecule has 1 heterocycles. The quantitative estimate of drug-likeness (QED) is 0.560. The van der Waals surface area contributed by atoms with Crippen molar-refractivity contribution in [3.05, 3.63) is 9.38 Å². The molecule has 1 aromatic rings. The van der Waals surface area contributed by atoms with Gasteiger partial charge in [0.2, 0.25) is 0 Å². The van der Waals surface area contributed by atoms with Crippen molar-refractivity contribution in [2.24, 2.45) is 0 Å². The first-order chi connectivity index (χ1) is 6.74. The monoisotopic (exact) mass is 395 g/mol. The number of unbranched alkanes of at least 4 members (excludes halogenated alkanes) is 3. The molecule has 2 nitrogen and oxygen atoms in total. The zero-order chi connectivity index (χ0) is 10.4. The Balaban J connectivity index is 2.33. The summed E-state index contributed by atoms with van der Waals surface area (Å²) in [7, 11) is 0. The molecule has 5 heteroatoms. The second kappa shape index (κ2) is 7.24. The Morgan fingerprint density at radius 3 is 2.86 bits per heavy atom. The van der Waals surface area contributed by atoms with Gasteiger partial charge in [0.25, 0.3) is 0 Å². The van der Waals surface area contributed by atoms with Crippen molar-refractivity contribution in [2.75, 3.05) is 0 Å². The van der Waals surface area contributed by atoms with Crippen molar-refractivity contribution < 1.29 is 8.02 Å². The molecule has 80 valence electrons. The predicted molar refractivity (Wildman–Crippen MR) is 60.9 cm³/mol. The molecule has 0 radical (unpaired) electrons. The van der Waals surface area contributed by atoms with Gasteiger partial charge >= 0.3 is 102 Å². The maximum atomic E-state index is 10.9. The second-order valence-electron chi connectivity index (χ2n) is 3.11. The summed E-state index contributed by atoms with van der Waals surface area (Å²) in [6.07, 6.45) is 6.34. The van der Waals surface area contributed by atoms with E-state index < -0.39 is 14.2 Å². The second-order valence-corrected chi connectivity index (χ2v) is 13.2. The van der Waals surface area contributed by atoms with Gasteiger partial charge in [-0.1, -0.05) is 0 Å². The van der Waals surface area contributed by atoms with Crippen LogP contribution in [0.2, 0.25) is 0 Å². The molecule has 0 saturated heterocycles. The Hall–Kier alpha value is 0.928. The third kappa shape index (κ3) is 4.63. The van der Waals surface area contributed by atoms with Crippen molar-refractivity contribution in [1.82, 2.24) is 0 Å². The van der Waals surface area contributed by atoms with Crippen LogP contribution in [0.15, 0.2) is 4.94 Å². The molecule has 14 heavy (non-hydrogen) atoms. The first-order valence-electron chi connectivity index (χ1n) is 4.75. The molecular formula is C9H15O2Se3+. The van der Waals surface area contributed by atoms with Gasteiger partial charge in [-0.3, -0.25) is 0 Å². The van der Waals surface area contributed by atoms with E-state index in [2.05, 4.69) is 11.9 Å². The molecule has 1 unspecified atom stereocenters. The molecule has 0 aliphatic rings. The first-order valence-corrected chi connectivity index (χ1v) is 10.6. The van der Waals surface area contributed by atoms with Crippen LogP contribution >= 0.6 is 0 Å². The van der Waals surface area contributed by atoms with E-state index in [1.807, 2.05) is 0 Å². The van der Waals surface area contributed by atoms with Crippen LogP contribution in [0.5, 0.6) is 0 Å². The van der Waals surface area contributed by atoms with Crippen molar-refractivity contribution in [3.63, 3.8) is 0 Å². The van der Waals surface area contributed by atoms with E-state index in [4.69, 9.17) is 4.19 Å². The van der Waals surface area contributed by atoms with E-state index in [0.717, 1.165) is 2.21 Å². The first kappa shape index (κ1) is 13.0. The van der Waals surface area contributed by atoms with E-state index in [9.17, 15) is 3.83 Å². The summed E-state index contributed by atoms with van der Waals surface area (Å²) >= 11 is -1.99. The summed E-state index contributed by atoms with van der Waals surface area (Å²) in [6.45, 7) is 2.21. The summed E-state index contributed by atoms with van der Waals surface area (Å²) in [4.78, 5) is 2.24. The van der Waals surface area contributed by atoms with Gasteiger partial charge in [-0.05, 0) is 0 Å². The minimum absolute atomic E-state index is 0.251. The van der Waals surface area contributed by atoms with E-state index in [1.54, 1.807) is 0 Å². The molecular weight excluding hydrogens is 377 g/mol. The number of hydrogen-bond acceptors (Lipinski definition) is 1. The van der Waals surface area contributed by atoms with Gasteiger partial charge in [-0.2, -0.15) is 0 Å². The van der Waals surface area contributed by atoms with Crippen LogP contribution in [-0.2, 0) is 10.3 Å². The standard InChI is InChI=1S/C9H14O2Se3/c1-2-3-4-5-6-8-7-12-9(13-8)14(10)11/h7H,2-6H2,1H3/p+1. The molecule has 1 atom stereocenters. The molecule has 0 aliphatic carbocycles. The van der Waals surface area contributed by atoms with Gasteiger partial charge in [0, 0.05) is 0 Å². The van der Waals surface area contributed by atoms with Crippen LogP contribution in [0.4, 0.5) is 0 Å². The summed E-state index contributed by atoms with van der Waals surface area (Å²) in [5.41, 5.74) is 0. The number of hydrogen-bond donors (Lipinski definition) is 1. The van der Waals surface area contributed by atoms with E-state index >= 15 is 0 Å². The fraction of sp³-hybridized carbons (Fsp3) is 0.667. The SMILES string of the molecule is CCCCCCc1c[se+]c([Se](=O)O)[se]1. The third-order valence-electron chi connectivity index (χ3n) is 1.92. The number of rotatable bonds is 6. The topological polar surface area (TPSA) is 37.3 Å².